The third-order valence-electron chi connectivity index (χ3n) is 8.34. The number of pyridine rings is 2. The average Bonchev–Trinajstić information content (AvgIpc) is 3.52. The van der Waals surface area contributed by atoms with Crippen molar-refractivity contribution >= 4 is 21.8 Å². The zero-order valence-corrected chi connectivity index (χ0v) is 32.2. The van der Waals surface area contributed by atoms with Crippen LogP contribution in [0.5, 0.6) is 23.0 Å². The number of ether oxygens (including phenoxy) is 2. The second-order valence-corrected chi connectivity index (χ2v) is 11.6. The van der Waals surface area contributed by atoms with Crippen LogP contribution in [0.1, 0.15) is 0 Å². The van der Waals surface area contributed by atoms with Crippen LogP contribution in [0.25, 0.3) is 61.4 Å². The van der Waals surface area contributed by atoms with Crippen LogP contribution in [-0.2, 0) is 42.1 Å². The molecular weight excluding hydrogens is 1020 g/mol. The summed E-state index contributed by atoms with van der Waals surface area (Å²) in [5.74, 6) is 2.58. The molecule has 0 fully saturated rings. The largest absolute Gasteiger partial charge is 2.00 e. The van der Waals surface area contributed by atoms with E-state index in [0.717, 1.165) is 55.4 Å². The summed E-state index contributed by atoms with van der Waals surface area (Å²) in [6.45, 7) is 0. The van der Waals surface area contributed by atoms with Crippen LogP contribution in [0.15, 0.2) is 152 Å². The Hall–Kier alpha value is -5.74. The standard InChI is InChI=1S/C44H25N5O2.2Pt/c1-2-10-30(11-3-1)33-28-47-44(48-29-33)49-42-26-36(50-34-14-8-12-31(24-34)40-16-4-6-22-45-40)18-20-38(42)39-21-19-37(27-43(39)49)51-35-15-9-13-32(25-35)41-17-5-7-23-46-41;;/h1-23,28-29H;;/q-4;2*+2. The van der Waals surface area contributed by atoms with Crippen LogP contribution >= 0.6 is 0 Å². The van der Waals surface area contributed by atoms with Crippen molar-refractivity contribution in [3.05, 3.63) is 176 Å². The zero-order valence-electron chi connectivity index (χ0n) is 27.6. The van der Waals surface area contributed by atoms with Crippen molar-refractivity contribution < 1.29 is 51.6 Å². The van der Waals surface area contributed by atoms with Gasteiger partial charge in [-0.05, 0) is 29.1 Å². The summed E-state index contributed by atoms with van der Waals surface area (Å²) in [5.41, 5.74) is 6.69. The van der Waals surface area contributed by atoms with Crippen molar-refractivity contribution in [2.24, 2.45) is 0 Å². The summed E-state index contributed by atoms with van der Waals surface area (Å²) in [6, 6.07) is 54.5. The molecule has 9 aromatic rings. The van der Waals surface area contributed by atoms with E-state index in [9.17, 15) is 0 Å². The van der Waals surface area contributed by atoms with Gasteiger partial charge in [0.05, 0.1) is 0 Å². The SMILES string of the molecule is [Pt+2].[Pt+2].[c-]1c(Oc2[c-]c3c(cc2)c2ccc(Oc4[c-]c(-c5ccccn5)ccc4)[c-]c2n3-c2ncc(-c3ccccc3)cn2)cccc1-c1ccccn1. The molecule has 0 aliphatic heterocycles. The third-order valence-corrected chi connectivity index (χ3v) is 8.34. The Morgan fingerprint density at radius 3 is 1.40 bits per heavy atom. The van der Waals surface area contributed by atoms with Crippen LogP contribution in [0, 0.1) is 24.3 Å². The minimum atomic E-state index is 0. The Kier molecular flexibility index (Phi) is 10.7. The molecule has 0 saturated heterocycles. The molecule has 0 spiro atoms. The van der Waals surface area contributed by atoms with E-state index >= 15 is 0 Å². The minimum absolute atomic E-state index is 0. The van der Waals surface area contributed by atoms with Crippen molar-refractivity contribution in [1.29, 1.82) is 0 Å². The number of nitrogens with zero attached hydrogens (tertiary/aromatic N) is 5. The molecule has 9 heteroatoms. The Labute approximate surface area is 334 Å². The molecule has 0 unspecified atom stereocenters. The van der Waals surface area contributed by atoms with E-state index < -0.39 is 0 Å². The van der Waals surface area contributed by atoms with Crippen molar-refractivity contribution in [2.75, 3.05) is 0 Å². The van der Waals surface area contributed by atoms with Gasteiger partial charge in [0.15, 0.2) is 0 Å². The molecule has 53 heavy (non-hydrogen) atoms. The maximum absolute atomic E-state index is 6.33. The molecule has 0 aliphatic carbocycles. The molecule has 0 radical (unpaired) electrons. The molecule has 0 atom stereocenters. The van der Waals surface area contributed by atoms with Crippen molar-refractivity contribution in [3.63, 3.8) is 0 Å². The molecule has 258 valence electrons. The first-order valence-electron chi connectivity index (χ1n) is 16.3. The van der Waals surface area contributed by atoms with Gasteiger partial charge < -0.3 is 24.0 Å². The molecule has 0 aliphatic rings. The topological polar surface area (TPSA) is 75.0 Å². The van der Waals surface area contributed by atoms with E-state index in [2.05, 4.69) is 34.2 Å². The molecule has 4 aromatic heterocycles. The third kappa shape index (κ3) is 7.45. The van der Waals surface area contributed by atoms with Crippen molar-refractivity contribution in [3.8, 4) is 62.6 Å². The van der Waals surface area contributed by atoms with Gasteiger partial charge in [0.2, 0.25) is 5.95 Å². The average molecular weight is 1050 g/mol. The molecule has 4 heterocycles. The van der Waals surface area contributed by atoms with Gasteiger partial charge in [-0.1, -0.05) is 77.8 Å². The minimum Gasteiger partial charge on any atom is -0.503 e. The Bertz CT molecular complexity index is 2490. The second-order valence-electron chi connectivity index (χ2n) is 11.6. The first kappa shape index (κ1) is 35.7. The molecule has 0 saturated carbocycles. The smallest absolute Gasteiger partial charge is 0.503 e. The zero-order chi connectivity index (χ0) is 34.0. The molecule has 0 amide bonds. The van der Waals surface area contributed by atoms with Gasteiger partial charge in [0.25, 0.3) is 0 Å². The first-order chi connectivity index (χ1) is 25.2. The molecule has 5 aromatic carbocycles. The maximum atomic E-state index is 6.33. The summed E-state index contributed by atoms with van der Waals surface area (Å²) >= 11 is 0. The second kappa shape index (κ2) is 15.9. The fraction of sp³-hybridized carbons (Fsp3) is 0. The van der Waals surface area contributed by atoms with E-state index in [-0.39, 0.29) is 42.1 Å². The molecular formula is C44H25N5O2Pt2. The Morgan fingerprint density at radius 2 is 0.906 bits per heavy atom. The molecule has 7 nitrogen and oxygen atoms in total. The predicted molar refractivity (Wildman–Crippen MR) is 197 cm³/mol. The van der Waals surface area contributed by atoms with E-state index in [1.165, 1.54) is 0 Å². The summed E-state index contributed by atoms with van der Waals surface area (Å²) in [6.07, 6.45) is 7.17. The fourth-order valence-electron chi connectivity index (χ4n) is 5.96. The molecule has 9 rings (SSSR count). The van der Waals surface area contributed by atoms with Crippen LogP contribution < -0.4 is 9.47 Å². The number of hydrogen-bond acceptors (Lipinski definition) is 6. The van der Waals surface area contributed by atoms with Crippen LogP contribution in [0.2, 0.25) is 0 Å². The van der Waals surface area contributed by atoms with Crippen LogP contribution in [0.4, 0.5) is 0 Å². The van der Waals surface area contributed by atoms with Gasteiger partial charge in [-0.2, -0.15) is 22.9 Å². The molecule has 0 N–H and O–H groups in total. The van der Waals surface area contributed by atoms with E-state index in [1.807, 2.05) is 144 Å². The van der Waals surface area contributed by atoms with Gasteiger partial charge >= 0.3 is 42.1 Å². The summed E-state index contributed by atoms with van der Waals surface area (Å²) in [5, 5.41) is 1.87. The fourth-order valence-corrected chi connectivity index (χ4v) is 5.96. The monoisotopic (exact) mass is 1050 g/mol. The summed E-state index contributed by atoms with van der Waals surface area (Å²) in [4.78, 5) is 18.5. The van der Waals surface area contributed by atoms with Crippen LogP contribution in [-0.4, -0.2) is 24.5 Å². The Morgan fingerprint density at radius 1 is 0.415 bits per heavy atom. The van der Waals surface area contributed by atoms with E-state index in [1.54, 1.807) is 12.4 Å². The number of hydrogen-bond donors (Lipinski definition) is 0. The number of benzene rings is 5. The maximum Gasteiger partial charge on any atom is 2.00 e. The van der Waals surface area contributed by atoms with Gasteiger partial charge in [0.1, 0.15) is 0 Å². The van der Waals surface area contributed by atoms with Gasteiger partial charge in [-0.25, -0.2) is 9.97 Å². The quantitative estimate of drug-likeness (QED) is 0.141. The Balaban J connectivity index is 0.00000218. The van der Waals surface area contributed by atoms with Gasteiger partial charge in [-0.15, -0.1) is 71.8 Å². The van der Waals surface area contributed by atoms with Gasteiger partial charge in [-0.3, -0.25) is 0 Å². The van der Waals surface area contributed by atoms with Gasteiger partial charge in [0, 0.05) is 53.3 Å². The normalized spacial score (nSPS) is 10.7. The predicted octanol–water partition coefficient (Wildman–Crippen LogP) is 10.1. The molecule has 0 bridgehead atoms. The summed E-state index contributed by atoms with van der Waals surface area (Å²) < 4.78 is 14.6. The number of fused-ring (bicyclic) bond motifs is 3. The van der Waals surface area contributed by atoms with Crippen molar-refractivity contribution in [2.45, 2.75) is 0 Å². The number of rotatable bonds is 8. The van der Waals surface area contributed by atoms with Crippen molar-refractivity contribution in [1.82, 2.24) is 24.5 Å². The first-order valence-corrected chi connectivity index (χ1v) is 16.3. The van der Waals surface area contributed by atoms with Crippen LogP contribution in [0.3, 0.4) is 0 Å². The summed E-state index contributed by atoms with van der Waals surface area (Å²) in [7, 11) is 0. The van der Waals surface area contributed by atoms with E-state index in [0.29, 0.717) is 28.9 Å². The van der Waals surface area contributed by atoms with E-state index in [4.69, 9.17) is 19.4 Å². The number of aromatic nitrogens is 5.